The summed E-state index contributed by atoms with van der Waals surface area (Å²) >= 11 is 1.05. The van der Waals surface area contributed by atoms with Gasteiger partial charge in [-0.2, -0.15) is 8.78 Å². The molecule has 1 aromatic heterocycles. The van der Waals surface area contributed by atoms with Crippen LogP contribution in [0.2, 0.25) is 0 Å². The Morgan fingerprint density at radius 3 is 2.70 bits per heavy atom. The van der Waals surface area contributed by atoms with Gasteiger partial charge >= 0.3 is 6.61 Å². The topological polar surface area (TPSA) is 35.2 Å². The molecule has 0 amide bonds. The molecule has 0 atom stereocenters. The van der Waals surface area contributed by atoms with Crippen molar-refractivity contribution in [1.82, 2.24) is 0 Å². The van der Waals surface area contributed by atoms with E-state index < -0.39 is 6.61 Å². The second-order valence-corrected chi connectivity index (χ2v) is 2.42. The molecule has 0 bridgehead atoms. The zero-order valence-electron chi connectivity index (χ0n) is 4.88. The van der Waals surface area contributed by atoms with Gasteiger partial charge in [0.1, 0.15) is 0 Å². The minimum atomic E-state index is -2.79. The van der Waals surface area contributed by atoms with Crippen molar-refractivity contribution in [1.29, 1.82) is 0 Å². The third kappa shape index (κ3) is 1.57. The van der Waals surface area contributed by atoms with Crippen LogP contribution in [0.3, 0.4) is 0 Å². The van der Waals surface area contributed by atoms with Gasteiger partial charge in [-0.3, -0.25) is 0 Å². The molecule has 1 rings (SSSR count). The Bertz CT molecular complexity index is 213. The molecule has 0 aliphatic carbocycles. The number of ether oxygens (including phenoxy) is 1. The van der Waals surface area contributed by atoms with E-state index in [2.05, 4.69) is 4.74 Å². The minimum absolute atomic E-state index is 0.0787. The van der Waals surface area contributed by atoms with E-state index in [9.17, 15) is 8.78 Å². The first-order valence-corrected chi connectivity index (χ1v) is 3.36. The van der Waals surface area contributed by atoms with Crippen LogP contribution >= 0.6 is 11.3 Å². The number of alkyl halides is 2. The highest BCUT2D eigenvalue weighted by atomic mass is 32.1. The van der Waals surface area contributed by atoms with Crippen LogP contribution in [-0.2, 0) is 0 Å². The summed E-state index contributed by atoms with van der Waals surface area (Å²) in [5.41, 5.74) is 5.50. The SMILES string of the molecule is Nc1ccsc1OC(F)F. The summed E-state index contributed by atoms with van der Waals surface area (Å²) in [5, 5.41) is 1.67. The summed E-state index contributed by atoms with van der Waals surface area (Å²) in [6.45, 7) is -2.79. The van der Waals surface area contributed by atoms with Crippen LogP contribution in [0.5, 0.6) is 5.06 Å². The molecule has 0 saturated heterocycles. The largest absolute Gasteiger partial charge is 0.423 e. The van der Waals surface area contributed by atoms with E-state index in [1.54, 1.807) is 5.38 Å². The molecule has 56 valence electrons. The van der Waals surface area contributed by atoms with E-state index in [1.165, 1.54) is 6.07 Å². The average Bonchev–Trinajstić information content (AvgIpc) is 2.15. The van der Waals surface area contributed by atoms with Crippen molar-refractivity contribution in [2.24, 2.45) is 0 Å². The first-order valence-electron chi connectivity index (χ1n) is 2.48. The van der Waals surface area contributed by atoms with Gasteiger partial charge in [-0.15, -0.1) is 11.3 Å². The van der Waals surface area contributed by atoms with E-state index in [-0.39, 0.29) is 10.8 Å². The fraction of sp³-hybridized carbons (Fsp3) is 0.200. The number of hydrogen-bond donors (Lipinski definition) is 1. The summed E-state index contributed by atoms with van der Waals surface area (Å²) in [7, 11) is 0. The molecule has 1 aromatic rings. The van der Waals surface area contributed by atoms with Crippen LogP contribution < -0.4 is 10.5 Å². The number of thiophene rings is 1. The number of rotatable bonds is 2. The maximum atomic E-state index is 11.5. The maximum absolute atomic E-state index is 11.5. The predicted molar refractivity (Wildman–Crippen MR) is 35.4 cm³/mol. The molecule has 0 aliphatic heterocycles. The van der Waals surface area contributed by atoms with E-state index >= 15 is 0 Å². The average molecular weight is 165 g/mol. The highest BCUT2D eigenvalue weighted by Gasteiger charge is 2.07. The third-order valence-corrected chi connectivity index (χ3v) is 1.67. The van der Waals surface area contributed by atoms with E-state index in [4.69, 9.17) is 5.73 Å². The van der Waals surface area contributed by atoms with Gasteiger partial charge in [0, 0.05) is 0 Å². The van der Waals surface area contributed by atoms with Crippen LogP contribution in [0.15, 0.2) is 11.4 Å². The summed E-state index contributed by atoms with van der Waals surface area (Å²) < 4.78 is 27.1. The van der Waals surface area contributed by atoms with Gasteiger partial charge in [-0.25, -0.2) is 0 Å². The summed E-state index contributed by atoms with van der Waals surface area (Å²) in [6, 6.07) is 1.52. The molecule has 0 fully saturated rings. The molecule has 2 nitrogen and oxygen atoms in total. The number of anilines is 1. The van der Waals surface area contributed by atoms with Crippen molar-refractivity contribution in [3.8, 4) is 5.06 Å². The molecule has 0 spiro atoms. The fourth-order valence-electron chi connectivity index (χ4n) is 0.482. The first kappa shape index (κ1) is 7.27. The molecular formula is C5H5F2NOS. The lowest BCUT2D eigenvalue weighted by Gasteiger charge is -2.00. The van der Waals surface area contributed by atoms with Crippen LogP contribution in [0, 0.1) is 0 Å². The van der Waals surface area contributed by atoms with Gasteiger partial charge in [-0.05, 0) is 11.4 Å². The predicted octanol–water partition coefficient (Wildman–Crippen LogP) is 1.93. The van der Waals surface area contributed by atoms with Crippen LogP contribution in [0.4, 0.5) is 14.5 Å². The van der Waals surface area contributed by atoms with Gasteiger partial charge in [0.2, 0.25) is 5.06 Å². The van der Waals surface area contributed by atoms with Crippen molar-refractivity contribution in [2.75, 3.05) is 5.73 Å². The molecule has 0 saturated carbocycles. The van der Waals surface area contributed by atoms with Gasteiger partial charge < -0.3 is 10.5 Å². The van der Waals surface area contributed by atoms with Crippen molar-refractivity contribution < 1.29 is 13.5 Å². The molecule has 5 heteroatoms. The number of nitrogens with two attached hydrogens (primary N) is 1. The Kier molecular flexibility index (Phi) is 2.06. The highest BCUT2D eigenvalue weighted by molar-refractivity contribution is 7.12. The van der Waals surface area contributed by atoms with E-state index in [0.717, 1.165) is 11.3 Å². The van der Waals surface area contributed by atoms with E-state index in [1.807, 2.05) is 0 Å². The lowest BCUT2D eigenvalue weighted by molar-refractivity contribution is -0.0467. The Morgan fingerprint density at radius 1 is 1.60 bits per heavy atom. The summed E-state index contributed by atoms with van der Waals surface area (Å²) in [5.74, 6) is 0. The second-order valence-electron chi connectivity index (χ2n) is 1.54. The maximum Gasteiger partial charge on any atom is 0.388 e. The lowest BCUT2D eigenvalue weighted by Crippen LogP contribution is -2.01. The normalized spacial score (nSPS) is 10.3. The van der Waals surface area contributed by atoms with Crippen molar-refractivity contribution in [3.05, 3.63) is 11.4 Å². The Hall–Kier alpha value is -0.840. The molecule has 10 heavy (non-hydrogen) atoms. The minimum Gasteiger partial charge on any atom is -0.423 e. The van der Waals surface area contributed by atoms with Gasteiger partial charge in [0.05, 0.1) is 5.69 Å². The molecular weight excluding hydrogens is 160 g/mol. The quantitative estimate of drug-likeness (QED) is 0.726. The number of halogens is 2. The van der Waals surface area contributed by atoms with Crippen molar-refractivity contribution >= 4 is 17.0 Å². The Labute approximate surface area is 60.2 Å². The molecule has 0 aliphatic rings. The summed E-state index contributed by atoms with van der Waals surface area (Å²) in [6.07, 6.45) is 0. The standard InChI is InChI=1S/C5H5F2NOS/c6-5(7)9-4-3(8)1-2-10-4/h1-2,5H,8H2. The smallest absolute Gasteiger partial charge is 0.388 e. The van der Waals surface area contributed by atoms with Gasteiger partial charge in [0.15, 0.2) is 0 Å². The van der Waals surface area contributed by atoms with E-state index in [0.29, 0.717) is 0 Å². The molecule has 0 aromatic carbocycles. The Morgan fingerprint density at radius 2 is 2.30 bits per heavy atom. The first-order chi connectivity index (χ1) is 4.70. The zero-order valence-corrected chi connectivity index (χ0v) is 5.70. The van der Waals surface area contributed by atoms with Gasteiger partial charge in [-0.1, -0.05) is 0 Å². The third-order valence-electron chi connectivity index (χ3n) is 0.855. The molecule has 2 N–H and O–H groups in total. The zero-order chi connectivity index (χ0) is 7.56. The highest BCUT2D eigenvalue weighted by Crippen LogP contribution is 2.29. The Balaban J connectivity index is 2.65. The second kappa shape index (κ2) is 2.83. The fourth-order valence-corrected chi connectivity index (χ4v) is 1.15. The molecule has 1 heterocycles. The number of nitrogen functional groups attached to an aromatic ring is 1. The summed E-state index contributed by atoms with van der Waals surface area (Å²) in [4.78, 5) is 0. The van der Waals surface area contributed by atoms with Crippen LogP contribution in [0.1, 0.15) is 0 Å². The van der Waals surface area contributed by atoms with Crippen LogP contribution in [-0.4, -0.2) is 6.61 Å². The van der Waals surface area contributed by atoms with Crippen molar-refractivity contribution in [2.45, 2.75) is 6.61 Å². The lowest BCUT2D eigenvalue weighted by atomic mass is 10.5. The molecule has 0 unspecified atom stereocenters. The molecule has 0 radical (unpaired) electrons. The van der Waals surface area contributed by atoms with Crippen molar-refractivity contribution in [3.63, 3.8) is 0 Å². The van der Waals surface area contributed by atoms with Crippen LogP contribution in [0.25, 0.3) is 0 Å². The number of hydrogen-bond acceptors (Lipinski definition) is 3. The van der Waals surface area contributed by atoms with Gasteiger partial charge in [0.25, 0.3) is 0 Å². The monoisotopic (exact) mass is 165 g/mol.